The molecule has 1 aliphatic rings. The van der Waals surface area contributed by atoms with E-state index in [9.17, 15) is 14.4 Å². The Kier molecular flexibility index (Phi) is 7.72. The Balaban J connectivity index is 1.70. The Bertz CT molecular complexity index is 646. The van der Waals surface area contributed by atoms with Crippen LogP contribution in [0.5, 0.6) is 5.75 Å². The number of carbonyl (C=O) groups excluding carboxylic acids is 3. The molecule has 0 bridgehead atoms. The van der Waals surface area contributed by atoms with Gasteiger partial charge in [-0.2, -0.15) is 0 Å². The van der Waals surface area contributed by atoms with Gasteiger partial charge in [0.1, 0.15) is 5.75 Å². The van der Waals surface area contributed by atoms with Crippen LogP contribution < -0.4 is 15.4 Å². The standard InChI is InChI=1S/C18H23ClN2O5/c1-12(17(23)21-18(24)20-13-7-3-2-4-8-13)26-16(22)11-25-15-10-6-5-9-14(15)19/h5-6,9-10,12-13H,2-4,7-8,11H2,1H3,(H2,20,21,23,24)/t12-/m1/s1. The van der Waals surface area contributed by atoms with E-state index in [1.807, 2.05) is 0 Å². The van der Waals surface area contributed by atoms with Crippen LogP contribution in [-0.2, 0) is 14.3 Å². The molecule has 1 atom stereocenters. The molecular formula is C18H23ClN2O5. The van der Waals surface area contributed by atoms with Gasteiger partial charge in [-0.15, -0.1) is 0 Å². The molecule has 1 aromatic carbocycles. The fraction of sp³-hybridized carbons (Fsp3) is 0.500. The molecule has 26 heavy (non-hydrogen) atoms. The zero-order valence-electron chi connectivity index (χ0n) is 14.6. The minimum absolute atomic E-state index is 0.0819. The lowest BCUT2D eigenvalue weighted by Crippen LogP contribution is -2.48. The Morgan fingerprint density at radius 3 is 2.58 bits per heavy atom. The van der Waals surface area contributed by atoms with Gasteiger partial charge in [-0.3, -0.25) is 10.1 Å². The summed E-state index contributed by atoms with van der Waals surface area (Å²) >= 11 is 5.92. The highest BCUT2D eigenvalue weighted by molar-refractivity contribution is 6.32. The Hall–Kier alpha value is -2.28. The van der Waals surface area contributed by atoms with E-state index in [4.69, 9.17) is 21.1 Å². The molecule has 1 aromatic rings. The van der Waals surface area contributed by atoms with Crippen LogP contribution in [0.4, 0.5) is 4.79 Å². The number of carbonyl (C=O) groups is 3. The molecule has 2 rings (SSSR count). The van der Waals surface area contributed by atoms with Gasteiger partial charge in [0.25, 0.3) is 5.91 Å². The first kappa shape index (κ1) is 20.0. The van der Waals surface area contributed by atoms with Gasteiger partial charge >= 0.3 is 12.0 Å². The van der Waals surface area contributed by atoms with Crippen molar-refractivity contribution in [1.82, 2.24) is 10.6 Å². The molecule has 1 fully saturated rings. The SMILES string of the molecule is C[C@@H](OC(=O)COc1ccccc1Cl)C(=O)NC(=O)NC1CCCCC1. The van der Waals surface area contributed by atoms with Crippen LogP contribution in [-0.4, -0.2) is 36.7 Å². The largest absolute Gasteiger partial charge is 0.480 e. The van der Waals surface area contributed by atoms with Crippen molar-refractivity contribution in [3.8, 4) is 5.75 Å². The lowest BCUT2D eigenvalue weighted by atomic mass is 9.96. The van der Waals surface area contributed by atoms with Crippen LogP contribution in [0.1, 0.15) is 39.0 Å². The van der Waals surface area contributed by atoms with E-state index in [-0.39, 0.29) is 6.04 Å². The quantitative estimate of drug-likeness (QED) is 0.738. The molecule has 3 amide bonds. The van der Waals surface area contributed by atoms with Crippen molar-refractivity contribution in [2.75, 3.05) is 6.61 Å². The van der Waals surface area contributed by atoms with E-state index in [2.05, 4.69) is 10.6 Å². The highest BCUT2D eigenvalue weighted by Gasteiger charge is 2.22. The van der Waals surface area contributed by atoms with Gasteiger partial charge in [0, 0.05) is 6.04 Å². The topological polar surface area (TPSA) is 93.7 Å². The summed E-state index contributed by atoms with van der Waals surface area (Å²) in [4.78, 5) is 35.6. The fourth-order valence-corrected chi connectivity index (χ4v) is 2.86. The number of nitrogens with one attached hydrogen (secondary N) is 2. The molecule has 7 nitrogen and oxygen atoms in total. The summed E-state index contributed by atoms with van der Waals surface area (Å²) in [6.45, 7) is 0.992. The van der Waals surface area contributed by atoms with Crippen LogP contribution in [0.15, 0.2) is 24.3 Å². The number of halogens is 1. The van der Waals surface area contributed by atoms with Gasteiger partial charge in [-0.05, 0) is 31.9 Å². The number of amides is 3. The number of ether oxygens (including phenoxy) is 2. The summed E-state index contributed by atoms with van der Waals surface area (Å²) in [5.41, 5.74) is 0. The molecule has 0 aromatic heterocycles. The maximum Gasteiger partial charge on any atom is 0.344 e. The van der Waals surface area contributed by atoms with Crippen LogP contribution in [0.2, 0.25) is 5.02 Å². The number of benzene rings is 1. The third-order valence-electron chi connectivity index (χ3n) is 4.04. The maximum atomic E-state index is 11.9. The molecule has 0 aliphatic heterocycles. The van der Waals surface area contributed by atoms with E-state index in [1.165, 1.54) is 13.3 Å². The fourth-order valence-electron chi connectivity index (χ4n) is 2.67. The number of hydrogen-bond acceptors (Lipinski definition) is 5. The van der Waals surface area contributed by atoms with Crippen LogP contribution >= 0.6 is 11.6 Å². The third kappa shape index (κ3) is 6.55. The van der Waals surface area contributed by atoms with E-state index >= 15 is 0 Å². The zero-order valence-corrected chi connectivity index (χ0v) is 15.4. The number of imide groups is 1. The van der Waals surface area contributed by atoms with Crippen LogP contribution in [0.25, 0.3) is 0 Å². The van der Waals surface area contributed by atoms with Crippen LogP contribution in [0.3, 0.4) is 0 Å². The summed E-state index contributed by atoms with van der Waals surface area (Å²) in [5, 5.41) is 5.31. The Morgan fingerprint density at radius 2 is 1.88 bits per heavy atom. The third-order valence-corrected chi connectivity index (χ3v) is 4.35. The summed E-state index contributed by atoms with van der Waals surface area (Å²) < 4.78 is 10.2. The van der Waals surface area contributed by atoms with Crippen molar-refractivity contribution in [3.63, 3.8) is 0 Å². The normalized spacial score (nSPS) is 15.6. The van der Waals surface area contributed by atoms with E-state index < -0.39 is 30.6 Å². The average Bonchev–Trinajstić information content (AvgIpc) is 2.61. The Labute approximate surface area is 157 Å². The average molecular weight is 383 g/mol. The minimum atomic E-state index is -1.12. The number of para-hydroxylation sites is 1. The smallest absolute Gasteiger partial charge is 0.344 e. The number of esters is 1. The second kappa shape index (κ2) is 10.0. The molecule has 0 unspecified atom stereocenters. The first-order valence-corrected chi connectivity index (χ1v) is 9.01. The van der Waals surface area contributed by atoms with Crippen molar-refractivity contribution < 1.29 is 23.9 Å². The molecule has 0 radical (unpaired) electrons. The molecule has 1 saturated carbocycles. The molecule has 0 saturated heterocycles. The summed E-state index contributed by atoms with van der Waals surface area (Å²) in [6, 6.07) is 6.20. The van der Waals surface area contributed by atoms with Crippen molar-refractivity contribution in [2.45, 2.75) is 51.2 Å². The van der Waals surface area contributed by atoms with Crippen LogP contribution in [0, 0.1) is 0 Å². The first-order valence-electron chi connectivity index (χ1n) is 8.64. The van der Waals surface area contributed by atoms with Gasteiger partial charge in [0.15, 0.2) is 12.7 Å². The summed E-state index contributed by atoms with van der Waals surface area (Å²) in [5.74, 6) is -1.08. The summed E-state index contributed by atoms with van der Waals surface area (Å²) in [7, 11) is 0. The van der Waals surface area contributed by atoms with E-state index in [1.54, 1.807) is 24.3 Å². The molecule has 8 heteroatoms. The highest BCUT2D eigenvalue weighted by atomic mass is 35.5. The summed E-state index contributed by atoms with van der Waals surface area (Å²) in [6.07, 6.45) is 4.00. The van der Waals surface area contributed by atoms with E-state index in [0.717, 1.165) is 25.7 Å². The zero-order chi connectivity index (χ0) is 18.9. The van der Waals surface area contributed by atoms with Crippen molar-refractivity contribution in [2.24, 2.45) is 0 Å². The monoisotopic (exact) mass is 382 g/mol. The molecule has 2 N–H and O–H groups in total. The lowest BCUT2D eigenvalue weighted by Gasteiger charge is -2.23. The van der Waals surface area contributed by atoms with Gasteiger partial charge in [-0.1, -0.05) is 43.0 Å². The van der Waals surface area contributed by atoms with E-state index in [0.29, 0.717) is 10.8 Å². The predicted molar refractivity (Wildman–Crippen MR) is 96.0 cm³/mol. The van der Waals surface area contributed by atoms with Crippen molar-refractivity contribution in [1.29, 1.82) is 0 Å². The molecule has 0 spiro atoms. The number of urea groups is 1. The maximum absolute atomic E-state index is 11.9. The van der Waals surface area contributed by atoms with Gasteiger partial charge in [-0.25, -0.2) is 9.59 Å². The highest BCUT2D eigenvalue weighted by Crippen LogP contribution is 2.23. The number of rotatable bonds is 6. The second-order valence-corrected chi connectivity index (χ2v) is 6.56. The Morgan fingerprint density at radius 1 is 1.19 bits per heavy atom. The number of hydrogen-bond donors (Lipinski definition) is 2. The van der Waals surface area contributed by atoms with Gasteiger partial charge < -0.3 is 14.8 Å². The molecular weight excluding hydrogens is 360 g/mol. The van der Waals surface area contributed by atoms with Gasteiger partial charge in [0.2, 0.25) is 0 Å². The lowest BCUT2D eigenvalue weighted by molar-refractivity contribution is -0.156. The second-order valence-electron chi connectivity index (χ2n) is 6.15. The van der Waals surface area contributed by atoms with Crippen molar-refractivity contribution in [3.05, 3.63) is 29.3 Å². The predicted octanol–water partition coefficient (Wildman–Crippen LogP) is 2.81. The molecule has 0 heterocycles. The molecule has 142 valence electrons. The molecule has 1 aliphatic carbocycles. The first-order chi connectivity index (χ1) is 12.5. The van der Waals surface area contributed by atoms with Crippen molar-refractivity contribution >= 4 is 29.5 Å². The minimum Gasteiger partial charge on any atom is -0.480 e. The van der Waals surface area contributed by atoms with Gasteiger partial charge in [0.05, 0.1) is 5.02 Å².